The lowest BCUT2D eigenvalue weighted by atomic mass is 10.2. The smallest absolute Gasteiger partial charge is 0.271 e. The molecular weight excluding hydrogens is 350 g/mol. The fourth-order valence-electron chi connectivity index (χ4n) is 1.47. The zero-order valence-corrected chi connectivity index (χ0v) is 13.3. The third kappa shape index (κ3) is 3.36. The van der Waals surface area contributed by atoms with Crippen molar-refractivity contribution in [2.75, 3.05) is 4.72 Å². The number of sulfonamides is 1. The molecule has 0 bridgehead atoms. The first kappa shape index (κ1) is 14.5. The molecule has 102 valence electrons. The number of nitrogens with one attached hydrogen (secondary N) is 1. The molecule has 0 fully saturated rings. The topological polar surface area (TPSA) is 66.4 Å². The van der Waals surface area contributed by atoms with Gasteiger partial charge in [-0.05, 0) is 57.6 Å². The molecule has 0 aliphatic heterocycles. The molecule has 0 aliphatic rings. The fraction of sp³-hybridized carbons (Fsp3) is 0.167. The second-order valence-corrected chi connectivity index (χ2v) is 7.70. The molecule has 0 unspecified atom stereocenters. The van der Waals surface area contributed by atoms with E-state index in [-0.39, 0.29) is 10.8 Å². The minimum Gasteiger partial charge on any atom is -0.392 e. The van der Waals surface area contributed by atoms with Gasteiger partial charge in [0.05, 0.1) is 12.3 Å². The average molecular weight is 362 g/mol. The molecule has 0 radical (unpaired) electrons. The van der Waals surface area contributed by atoms with Crippen LogP contribution in [-0.2, 0) is 16.6 Å². The van der Waals surface area contributed by atoms with Crippen LogP contribution in [0.3, 0.4) is 0 Å². The summed E-state index contributed by atoms with van der Waals surface area (Å²) in [5.74, 6) is 0. The molecule has 2 N–H and O–H groups in total. The molecule has 4 nitrogen and oxygen atoms in total. The molecule has 1 aromatic heterocycles. The van der Waals surface area contributed by atoms with Gasteiger partial charge in [0.1, 0.15) is 4.21 Å². The highest BCUT2D eigenvalue weighted by atomic mass is 79.9. The highest BCUT2D eigenvalue weighted by Gasteiger charge is 2.18. The summed E-state index contributed by atoms with van der Waals surface area (Å²) in [6, 6.07) is 6.84. The van der Waals surface area contributed by atoms with Crippen molar-refractivity contribution in [2.45, 2.75) is 17.7 Å². The lowest BCUT2D eigenvalue weighted by Gasteiger charge is -2.08. The molecule has 0 aliphatic carbocycles. The summed E-state index contributed by atoms with van der Waals surface area (Å²) in [6.07, 6.45) is 0. The van der Waals surface area contributed by atoms with Crippen molar-refractivity contribution < 1.29 is 13.5 Å². The second kappa shape index (κ2) is 5.62. The van der Waals surface area contributed by atoms with Crippen LogP contribution >= 0.6 is 27.3 Å². The Bertz CT molecular complexity index is 695. The number of aliphatic hydroxyl groups excluding tert-OH is 1. The summed E-state index contributed by atoms with van der Waals surface area (Å²) in [6.45, 7) is 1.76. The zero-order valence-electron chi connectivity index (χ0n) is 10.1. The molecule has 2 aromatic rings. The van der Waals surface area contributed by atoms with Crippen LogP contribution < -0.4 is 4.72 Å². The quantitative estimate of drug-likeness (QED) is 0.878. The Morgan fingerprint density at radius 1 is 1.37 bits per heavy atom. The monoisotopic (exact) mass is 361 g/mol. The van der Waals surface area contributed by atoms with Gasteiger partial charge in [0.15, 0.2) is 0 Å². The minimum absolute atomic E-state index is 0.166. The van der Waals surface area contributed by atoms with E-state index in [4.69, 9.17) is 5.11 Å². The van der Waals surface area contributed by atoms with E-state index in [1.54, 1.807) is 11.4 Å². The maximum Gasteiger partial charge on any atom is 0.271 e. The van der Waals surface area contributed by atoms with Crippen LogP contribution in [0.4, 0.5) is 5.69 Å². The highest BCUT2D eigenvalue weighted by molar-refractivity contribution is 9.10. The van der Waals surface area contributed by atoms with Crippen LogP contribution in [0.5, 0.6) is 0 Å². The number of rotatable bonds is 4. The average Bonchev–Trinajstić information content (AvgIpc) is 2.82. The van der Waals surface area contributed by atoms with E-state index in [0.29, 0.717) is 15.7 Å². The van der Waals surface area contributed by atoms with Crippen molar-refractivity contribution in [3.05, 3.63) is 45.2 Å². The third-order valence-corrected chi connectivity index (χ3v) is 5.96. The van der Waals surface area contributed by atoms with Gasteiger partial charge < -0.3 is 5.11 Å². The lowest BCUT2D eigenvalue weighted by Crippen LogP contribution is -2.11. The fourth-order valence-corrected chi connectivity index (χ4v) is 4.48. The van der Waals surface area contributed by atoms with Gasteiger partial charge in [0, 0.05) is 4.47 Å². The second-order valence-electron chi connectivity index (χ2n) is 4.02. The highest BCUT2D eigenvalue weighted by Crippen LogP contribution is 2.28. The number of hydrogen-bond donors (Lipinski definition) is 2. The standard InChI is InChI=1S/C12H12BrNO3S2/c1-8-2-3-11(10(13)4-8)14-19(16,17)12-5-9(6-15)7-18-12/h2-5,7,14-15H,6H2,1H3. The van der Waals surface area contributed by atoms with Gasteiger partial charge in [0.2, 0.25) is 0 Å². The van der Waals surface area contributed by atoms with Crippen LogP contribution in [-0.4, -0.2) is 13.5 Å². The molecule has 0 atom stereocenters. The summed E-state index contributed by atoms with van der Waals surface area (Å²) in [7, 11) is -3.61. The molecule has 19 heavy (non-hydrogen) atoms. The molecule has 1 heterocycles. The van der Waals surface area contributed by atoms with E-state index in [1.807, 2.05) is 19.1 Å². The molecule has 0 saturated heterocycles. The van der Waals surface area contributed by atoms with Crippen LogP contribution in [0.25, 0.3) is 0 Å². The van der Waals surface area contributed by atoms with E-state index in [2.05, 4.69) is 20.7 Å². The first-order chi connectivity index (χ1) is 8.92. The number of thiophene rings is 1. The number of hydrogen-bond acceptors (Lipinski definition) is 4. The summed E-state index contributed by atoms with van der Waals surface area (Å²) >= 11 is 4.41. The van der Waals surface area contributed by atoms with Crippen molar-refractivity contribution >= 4 is 43.0 Å². The van der Waals surface area contributed by atoms with Crippen molar-refractivity contribution in [1.29, 1.82) is 0 Å². The molecular formula is C12H12BrNO3S2. The number of aryl methyl sites for hydroxylation is 1. The maximum atomic E-state index is 12.2. The molecule has 0 amide bonds. The van der Waals surface area contributed by atoms with Crippen LogP contribution in [0.2, 0.25) is 0 Å². The van der Waals surface area contributed by atoms with Crippen LogP contribution in [0.15, 0.2) is 38.3 Å². The molecule has 7 heteroatoms. The van der Waals surface area contributed by atoms with E-state index in [9.17, 15) is 8.42 Å². The predicted octanol–water partition coefficient (Wildman–Crippen LogP) is 3.11. The molecule has 0 spiro atoms. The SMILES string of the molecule is Cc1ccc(NS(=O)(=O)c2cc(CO)cs2)c(Br)c1. The number of halogens is 1. The Morgan fingerprint density at radius 2 is 2.11 bits per heavy atom. The van der Waals surface area contributed by atoms with Gasteiger partial charge in [-0.15, -0.1) is 11.3 Å². The van der Waals surface area contributed by atoms with Crippen molar-refractivity contribution in [1.82, 2.24) is 0 Å². The van der Waals surface area contributed by atoms with Crippen molar-refractivity contribution in [3.8, 4) is 0 Å². The Morgan fingerprint density at radius 3 is 2.68 bits per heavy atom. The Hall–Kier alpha value is -0.890. The lowest BCUT2D eigenvalue weighted by molar-refractivity contribution is 0.282. The molecule has 0 saturated carbocycles. The maximum absolute atomic E-state index is 12.2. The van der Waals surface area contributed by atoms with E-state index in [0.717, 1.165) is 16.9 Å². The predicted molar refractivity (Wildman–Crippen MR) is 79.9 cm³/mol. The summed E-state index contributed by atoms with van der Waals surface area (Å²) in [4.78, 5) is 0. The largest absolute Gasteiger partial charge is 0.392 e. The van der Waals surface area contributed by atoms with E-state index >= 15 is 0 Å². The number of anilines is 1. The number of aliphatic hydroxyl groups is 1. The summed E-state index contributed by atoms with van der Waals surface area (Å²) in [5.41, 5.74) is 2.12. The van der Waals surface area contributed by atoms with Gasteiger partial charge in [-0.25, -0.2) is 8.42 Å². The van der Waals surface area contributed by atoms with Gasteiger partial charge in [-0.2, -0.15) is 0 Å². The first-order valence-electron chi connectivity index (χ1n) is 5.39. The van der Waals surface area contributed by atoms with Gasteiger partial charge in [0.25, 0.3) is 10.0 Å². The van der Waals surface area contributed by atoms with Gasteiger partial charge in [-0.1, -0.05) is 6.07 Å². The number of benzene rings is 1. The van der Waals surface area contributed by atoms with Crippen molar-refractivity contribution in [2.24, 2.45) is 0 Å². The van der Waals surface area contributed by atoms with Crippen LogP contribution in [0.1, 0.15) is 11.1 Å². The Kier molecular flexibility index (Phi) is 4.29. The normalized spacial score (nSPS) is 11.5. The minimum atomic E-state index is -3.61. The first-order valence-corrected chi connectivity index (χ1v) is 8.55. The Balaban J connectivity index is 2.30. The summed E-state index contributed by atoms with van der Waals surface area (Å²) < 4.78 is 27.7. The summed E-state index contributed by atoms with van der Waals surface area (Å²) in [5, 5.41) is 10.6. The van der Waals surface area contributed by atoms with Gasteiger partial charge in [-0.3, -0.25) is 4.72 Å². The van der Waals surface area contributed by atoms with E-state index in [1.165, 1.54) is 6.07 Å². The van der Waals surface area contributed by atoms with Crippen molar-refractivity contribution in [3.63, 3.8) is 0 Å². The van der Waals surface area contributed by atoms with E-state index < -0.39 is 10.0 Å². The van der Waals surface area contributed by atoms with Gasteiger partial charge >= 0.3 is 0 Å². The zero-order chi connectivity index (χ0) is 14.0. The Labute approximate surface area is 124 Å². The molecule has 2 rings (SSSR count). The van der Waals surface area contributed by atoms with Crippen LogP contribution in [0, 0.1) is 6.92 Å². The third-order valence-electron chi connectivity index (χ3n) is 2.45. The molecule has 1 aromatic carbocycles.